The van der Waals surface area contributed by atoms with Gasteiger partial charge in [0.25, 0.3) is 0 Å². The molecule has 0 atom stereocenters. The first-order valence-electron chi connectivity index (χ1n) is 16.9. The number of nitrogens with one attached hydrogen (secondary N) is 1. The third-order valence-corrected chi connectivity index (χ3v) is 9.55. The van der Waals surface area contributed by atoms with Crippen LogP contribution in [0.4, 0.5) is 0 Å². The quantitative estimate of drug-likeness (QED) is 0.186. The lowest BCUT2D eigenvalue weighted by atomic mass is 9.98. The minimum Gasteiger partial charge on any atom is -0.477 e. The Morgan fingerprint density at radius 3 is 2.12 bits per heavy atom. The molecular weight excluding hydrogens is 629 g/mol. The summed E-state index contributed by atoms with van der Waals surface area (Å²) < 4.78 is 2.21. The molecule has 3 heterocycles. The van der Waals surface area contributed by atoms with Crippen LogP contribution in [0.15, 0.2) is 146 Å². The molecule has 0 unspecified atom stereocenters. The smallest absolute Gasteiger partial charge is 0.354 e. The van der Waals surface area contributed by atoms with Gasteiger partial charge in [-0.15, -0.1) is 0 Å². The molecule has 0 spiro atoms. The molecule has 0 amide bonds. The lowest BCUT2D eigenvalue weighted by molar-refractivity contribution is 0.0690. The van der Waals surface area contributed by atoms with Gasteiger partial charge in [0.05, 0.1) is 22.2 Å². The monoisotopic (exact) mass is 660 g/mol. The first-order chi connectivity index (χ1) is 24.9. The molecule has 6 aromatic carbocycles. The minimum absolute atomic E-state index is 0.0169. The Morgan fingerprint density at radius 1 is 0.608 bits per heavy atom. The zero-order valence-corrected chi connectivity index (χ0v) is 28.1. The normalized spacial score (nSPS) is 11.5. The van der Waals surface area contributed by atoms with Crippen molar-refractivity contribution in [2.45, 2.75) is 13.8 Å². The number of aromatic carboxylic acids is 1. The Morgan fingerprint density at radius 2 is 1.29 bits per heavy atom. The Balaban J connectivity index is 1.33. The third kappa shape index (κ3) is 5.25. The fraction of sp³-hybridized carbons (Fsp3) is 0.0444. The highest BCUT2D eigenvalue weighted by atomic mass is 16.4. The highest BCUT2D eigenvalue weighted by Crippen LogP contribution is 2.39. The van der Waals surface area contributed by atoms with E-state index in [1.165, 1.54) is 0 Å². The fourth-order valence-electron chi connectivity index (χ4n) is 7.35. The second-order valence-electron chi connectivity index (χ2n) is 13.1. The number of carbonyl (C=O) groups is 1. The Labute approximate surface area is 294 Å². The molecule has 0 bridgehead atoms. The van der Waals surface area contributed by atoms with Gasteiger partial charge in [-0.05, 0) is 78.6 Å². The van der Waals surface area contributed by atoms with Crippen LogP contribution in [-0.4, -0.2) is 30.6 Å². The van der Waals surface area contributed by atoms with Gasteiger partial charge in [-0.2, -0.15) is 0 Å². The Bertz CT molecular complexity index is 2790. The van der Waals surface area contributed by atoms with Crippen LogP contribution in [0.2, 0.25) is 0 Å². The van der Waals surface area contributed by atoms with E-state index in [0.29, 0.717) is 5.69 Å². The van der Waals surface area contributed by atoms with Crippen molar-refractivity contribution < 1.29 is 9.90 Å². The fourth-order valence-corrected chi connectivity index (χ4v) is 7.35. The van der Waals surface area contributed by atoms with E-state index in [1.54, 1.807) is 6.07 Å². The zero-order valence-electron chi connectivity index (χ0n) is 28.1. The molecule has 244 valence electrons. The van der Waals surface area contributed by atoms with Gasteiger partial charge in [0.2, 0.25) is 0 Å². The van der Waals surface area contributed by atoms with E-state index in [0.717, 1.165) is 88.9 Å². The highest BCUT2D eigenvalue weighted by molar-refractivity contribution is 6.12. The Kier molecular flexibility index (Phi) is 7.11. The topological polar surface area (TPSA) is 83.8 Å². The Hall–Kier alpha value is -6.79. The number of aromatic amines is 1. The maximum absolute atomic E-state index is 12.5. The highest BCUT2D eigenvalue weighted by Gasteiger charge is 2.22. The average molecular weight is 661 g/mol. The SMILES string of the molecule is Cc1cc(C)cc(-c2cc(C(=O)O)nc(-c3cccc4c3nc(-c3cccc5c3[nH]c3ccccc35)n4-c3cccc(-c4ccccc4)c3)c2)c1. The van der Waals surface area contributed by atoms with Crippen LogP contribution < -0.4 is 0 Å². The number of imidazole rings is 1. The number of pyridine rings is 1. The molecule has 0 aliphatic rings. The molecule has 6 nitrogen and oxygen atoms in total. The first kappa shape index (κ1) is 30.3. The predicted molar refractivity (Wildman–Crippen MR) is 206 cm³/mol. The van der Waals surface area contributed by atoms with Gasteiger partial charge < -0.3 is 10.1 Å². The molecule has 9 rings (SSSR count). The van der Waals surface area contributed by atoms with Gasteiger partial charge in [0.1, 0.15) is 11.5 Å². The average Bonchev–Trinajstić information content (AvgIpc) is 3.74. The van der Waals surface area contributed by atoms with E-state index < -0.39 is 5.97 Å². The van der Waals surface area contributed by atoms with E-state index >= 15 is 0 Å². The van der Waals surface area contributed by atoms with Crippen molar-refractivity contribution >= 4 is 38.8 Å². The molecule has 0 saturated heterocycles. The van der Waals surface area contributed by atoms with Crippen molar-refractivity contribution in [3.05, 3.63) is 162 Å². The van der Waals surface area contributed by atoms with Crippen LogP contribution >= 0.6 is 0 Å². The molecule has 51 heavy (non-hydrogen) atoms. The zero-order chi connectivity index (χ0) is 34.6. The summed E-state index contributed by atoms with van der Waals surface area (Å²) in [6.07, 6.45) is 0. The standard InChI is InChI=1S/C45H32N4O2/c1-27-21-28(2)23-31(22-27)32-25-39(46-40(26-32)45(50)51)36-17-10-20-41-43(36)48-44(37-18-9-16-35-34-15-6-7-19-38(34)47-42(35)37)49(41)33-14-8-13-30(24-33)29-11-4-3-5-12-29/h3-26,47H,1-2H3,(H,50,51). The molecule has 6 heteroatoms. The van der Waals surface area contributed by atoms with Crippen molar-refractivity contribution in [2.75, 3.05) is 0 Å². The van der Waals surface area contributed by atoms with E-state index in [1.807, 2.05) is 56.3 Å². The predicted octanol–water partition coefficient (Wildman–Crippen LogP) is 11.0. The van der Waals surface area contributed by atoms with Crippen molar-refractivity contribution in [1.29, 1.82) is 0 Å². The number of H-pyrrole nitrogens is 1. The summed E-state index contributed by atoms with van der Waals surface area (Å²) >= 11 is 0. The lowest BCUT2D eigenvalue weighted by Gasteiger charge is -2.13. The number of para-hydroxylation sites is 3. The number of aromatic nitrogens is 4. The first-order valence-corrected chi connectivity index (χ1v) is 16.9. The number of fused-ring (bicyclic) bond motifs is 4. The summed E-state index contributed by atoms with van der Waals surface area (Å²) in [7, 11) is 0. The van der Waals surface area contributed by atoms with Crippen LogP contribution in [0.1, 0.15) is 21.6 Å². The molecule has 0 aliphatic carbocycles. The second kappa shape index (κ2) is 12.0. The maximum Gasteiger partial charge on any atom is 0.354 e. The summed E-state index contributed by atoms with van der Waals surface area (Å²) in [6.45, 7) is 4.10. The van der Waals surface area contributed by atoms with Crippen molar-refractivity contribution in [1.82, 2.24) is 19.5 Å². The summed E-state index contributed by atoms with van der Waals surface area (Å²) in [5.74, 6) is -0.312. The van der Waals surface area contributed by atoms with E-state index in [4.69, 9.17) is 4.98 Å². The van der Waals surface area contributed by atoms with E-state index in [2.05, 4.69) is 112 Å². The lowest BCUT2D eigenvalue weighted by Crippen LogP contribution is -2.02. The number of hydrogen-bond donors (Lipinski definition) is 2. The molecule has 2 N–H and O–H groups in total. The van der Waals surface area contributed by atoms with Crippen LogP contribution in [0, 0.1) is 13.8 Å². The van der Waals surface area contributed by atoms with Gasteiger partial charge in [-0.1, -0.05) is 114 Å². The summed E-state index contributed by atoms with van der Waals surface area (Å²) in [6, 6.07) is 49.4. The van der Waals surface area contributed by atoms with Crippen molar-refractivity contribution in [2.24, 2.45) is 0 Å². The van der Waals surface area contributed by atoms with Crippen LogP contribution in [0.25, 0.3) is 83.4 Å². The van der Waals surface area contributed by atoms with E-state index in [9.17, 15) is 9.90 Å². The van der Waals surface area contributed by atoms with Crippen LogP contribution in [-0.2, 0) is 0 Å². The van der Waals surface area contributed by atoms with Gasteiger partial charge in [0.15, 0.2) is 0 Å². The number of carboxylic acids is 1. The minimum atomic E-state index is -1.08. The number of rotatable bonds is 6. The number of carboxylic acid groups (broad SMARTS) is 1. The molecule has 0 saturated carbocycles. The van der Waals surface area contributed by atoms with Gasteiger partial charge in [-0.25, -0.2) is 14.8 Å². The van der Waals surface area contributed by atoms with Gasteiger partial charge in [0, 0.05) is 33.1 Å². The maximum atomic E-state index is 12.5. The van der Waals surface area contributed by atoms with Crippen LogP contribution in [0.3, 0.4) is 0 Å². The third-order valence-electron chi connectivity index (χ3n) is 9.55. The van der Waals surface area contributed by atoms with E-state index in [-0.39, 0.29) is 5.69 Å². The molecular formula is C45H32N4O2. The summed E-state index contributed by atoms with van der Waals surface area (Å²) in [5.41, 5.74) is 13.0. The second-order valence-corrected chi connectivity index (χ2v) is 13.1. The molecule has 0 fully saturated rings. The number of benzene rings is 6. The van der Waals surface area contributed by atoms with Gasteiger partial charge in [-0.3, -0.25) is 4.57 Å². The summed E-state index contributed by atoms with van der Waals surface area (Å²) in [4.78, 5) is 26.2. The van der Waals surface area contributed by atoms with Crippen molar-refractivity contribution in [3.8, 4) is 50.6 Å². The molecule has 0 aliphatic heterocycles. The number of nitrogens with zero attached hydrogens (tertiary/aromatic N) is 3. The van der Waals surface area contributed by atoms with Gasteiger partial charge >= 0.3 is 5.97 Å². The van der Waals surface area contributed by atoms with Crippen LogP contribution in [0.5, 0.6) is 0 Å². The number of aryl methyl sites for hydroxylation is 2. The molecule has 3 aromatic heterocycles. The summed E-state index contributed by atoms with van der Waals surface area (Å²) in [5, 5.41) is 12.5. The molecule has 0 radical (unpaired) electrons. The number of hydrogen-bond acceptors (Lipinski definition) is 3. The van der Waals surface area contributed by atoms with Crippen molar-refractivity contribution in [3.63, 3.8) is 0 Å². The largest absolute Gasteiger partial charge is 0.477 e. The molecule has 9 aromatic rings.